The first-order valence-electron chi connectivity index (χ1n) is 34.0. The van der Waals surface area contributed by atoms with Gasteiger partial charge in [-0.15, -0.1) is 22.7 Å². The highest BCUT2D eigenvalue weighted by Gasteiger charge is 2.34. The fourth-order valence-electron chi connectivity index (χ4n) is 13.4. The van der Waals surface area contributed by atoms with Gasteiger partial charge in [-0.2, -0.15) is 9.64 Å². The molecular formula is C73H83F2N17O9S6. The Morgan fingerprint density at radius 2 is 0.907 bits per heavy atom. The Morgan fingerprint density at radius 1 is 0.495 bits per heavy atom. The summed E-state index contributed by atoms with van der Waals surface area (Å²) in [5, 5.41) is 15.6. The van der Waals surface area contributed by atoms with Crippen LogP contribution in [-0.2, 0) is 44.5 Å². The number of anilines is 6. The van der Waals surface area contributed by atoms with Crippen molar-refractivity contribution in [3.05, 3.63) is 211 Å². The lowest BCUT2D eigenvalue weighted by Gasteiger charge is -2.42. The minimum Gasteiger partial charge on any atom is -0.368 e. The number of carbonyl (C=O) groups excluding carboxylic acids is 3. The largest absolute Gasteiger partial charge is 0.368 e. The minimum absolute atomic E-state index is 0. The fourth-order valence-corrected chi connectivity index (χ4v) is 18.6. The van der Waals surface area contributed by atoms with E-state index in [0.29, 0.717) is 110 Å². The number of halogens is 2. The number of benzene rings is 6. The van der Waals surface area contributed by atoms with Gasteiger partial charge in [0.2, 0.25) is 22.9 Å². The van der Waals surface area contributed by atoms with E-state index in [1.165, 1.54) is 47.3 Å². The smallest absolute Gasteiger partial charge is 0.263 e. The first kappa shape index (κ1) is 74.4. The van der Waals surface area contributed by atoms with E-state index in [2.05, 4.69) is 54.3 Å². The summed E-state index contributed by atoms with van der Waals surface area (Å²) >= 11 is 3.40. The highest BCUT2D eigenvalue weighted by molar-refractivity contribution is 7.93. The number of hydrogen-bond acceptors (Lipinski definition) is 20. The molecule has 3 N–H and O–H groups in total. The predicted molar refractivity (Wildman–Crippen MR) is 422 cm³/mol. The van der Waals surface area contributed by atoms with Crippen molar-refractivity contribution in [3.8, 4) is 6.07 Å². The van der Waals surface area contributed by atoms with Crippen molar-refractivity contribution in [1.29, 1.82) is 5.26 Å². The molecule has 3 saturated heterocycles. The number of thiazole rings is 2. The number of fused-ring (bicyclic) bond motifs is 3. The summed E-state index contributed by atoms with van der Waals surface area (Å²) in [6.45, 7) is 14.0. The van der Waals surface area contributed by atoms with E-state index in [1.807, 2.05) is 92.5 Å². The monoisotopic (exact) mass is 1570 g/mol. The third-order valence-electron chi connectivity index (χ3n) is 19.1. The Labute approximate surface area is 636 Å². The molecule has 26 nitrogen and oxygen atoms in total. The summed E-state index contributed by atoms with van der Waals surface area (Å²) in [5.41, 5.74) is 5.49. The van der Waals surface area contributed by atoms with Gasteiger partial charge in [-0.25, -0.2) is 49.0 Å². The van der Waals surface area contributed by atoms with Crippen LogP contribution in [0, 0.1) is 23.0 Å². The average molecular weight is 1570 g/mol. The molecule has 564 valence electrons. The Morgan fingerprint density at radius 3 is 1.33 bits per heavy atom. The lowest BCUT2D eigenvalue weighted by Crippen LogP contribution is -2.55. The van der Waals surface area contributed by atoms with Gasteiger partial charge in [-0.1, -0.05) is 30.3 Å². The van der Waals surface area contributed by atoms with Crippen molar-refractivity contribution < 1.29 is 55.6 Å². The zero-order valence-electron chi connectivity index (χ0n) is 58.2. The van der Waals surface area contributed by atoms with Gasteiger partial charge in [0.1, 0.15) is 42.2 Å². The van der Waals surface area contributed by atoms with E-state index in [-0.39, 0.29) is 62.3 Å². The maximum Gasteiger partial charge on any atom is 0.263 e. The summed E-state index contributed by atoms with van der Waals surface area (Å²) in [4.78, 5) is 64.0. The lowest BCUT2D eigenvalue weighted by molar-refractivity contribution is -0.137. The molecule has 3 aliphatic rings. The van der Waals surface area contributed by atoms with Crippen LogP contribution in [0.2, 0.25) is 0 Å². The number of nitrogens with zero attached hydrogens (tertiary/aromatic N) is 14. The minimum atomic E-state index is -3.74. The SMILES string of the molecule is CC1CN(c2ccc(S(=O)(=O)Nc3nccs3)cc2)CCN1C(=O)C(C)n1cc(C#N)c2ccccc21.C[C@@H](C(=O)N1CCN(c2ccc(S(=O)(=O)Nc3nccs3)cc2)CC1)n1ccc2c(F)cccc21.C[C@@H](C(=O)N1CCN(c2ccc(S(=O)(=O)Nc3ncns3)cc2)CC1)n1ccc2c(F)cccc21.[HH].[HH].[HH].[HH].[HH]. The van der Waals surface area contributed by atoms with Gasteiger partial charge >= 0.3 is 0 Å². The Hall–Kier alpha value is -10.8. The number of carbonyl (C=O) groups is 3. The van der Waals surface area contributed by atoms with Crippen molar-refractivity contribution in [1.82, 2.24) is 47.7 Å². The summed E-state index contributed by atoms with van der Waals surface area (Å²) in [7, 11) is -11.1. The predicted octanol–water partition coefficient (Wildman–Crippen LogP) is 12.6. The van der Waals surface area contributed by atoms with E-state index < -0.39 is 48.2 Å². The molecule has 3 fully saturated rings. The topological polar surface area (TPSA) is 299 Å². The number of sulfonamides is 3. The quantitative estimate of drug-likeness (QED) is 0.0719. The van der Waals surface area contributed by atoms with Gasteiger partial charge in [0.25, 0.3) is 30.1 Å². The summed E-state index contributed by atoms with van der Waals surface area (Å²) in [6.07, 6.45) is 9.64. The van der Waals surface area contributed by atoms with E-state index >= 15 is 0 Å². The maximum atomic E-state index is 14.0. The van der Waals surface area contributed by atoms with Crippen LogP contribution in [0.15, 0.2) is 208 Å². The molecule has 12 aromatic rings. The van der Waals surface area contributed by atoms with Crippen LogP contribution in [0.3, 0.4) is 0 Å². The molecule has 2 unspecified atom stereocenters. The standard InChI is InChI=1S/C26H26N6O3S2.C24H24FN5O3S2.C23H23FN6O3S2.5H2/c1-18-16-30(21-7-9-22(10-8-21)37(34,35)29-26-28-11-14-36-26)12-13-31(18)25(33)19(2)32-17-20(15-27)23-5-3-4-6-24(23)32;1-17(30-11-9-20-21(25)3-2-4-22(20)30)23(31)29-14-12-28(13-15-29)18-5-7-19(8-6-18)35(32,33)27-24-26-10-16-34-24;1-16(30-10-9-19-20(24)3-2-4-21(19)30)22(31)29-13-11-28(12-14-29)17-5-7-18(8-6-17)35(32,33)27-23-25-15-26-34-23;;;;;/h3-11,14,17-19H,12-13,16H2,1-2H3,(H,28,29);2-11,16-17H,12-15H2,1H3,(H,26,27);2-10,15-16H,11-14H2,1H3,(H,25,26,27);5*1H/t;17-;16-;;;;;/m.00...../s1. The van der Waals surface area contributed by atoms with Crippen molar-refractivity contribution >= 4 is 147 Å². The molecule has 4 atom stereocenters. The molecule has 0 bridgehead atoms. The number of para-hydroxylation sites is 1. The molecule has 0 spiro atoms. The Kier molecular flexibility index (Phi) is 22.1. The molecule has 0 saturated carbocycles. The molecule has 15 rings (SSSR count). The van der Waals surface area contributed by atoms with Crippen LogP contribution < -0.4 is 28.9 Å². The second-order valence-electron chi connectivity index (χ2n) is 25.6. The van der Waals surface area contributed by atoms with Gasteiger partial charge < -0.3 is 43.1 Å². The van der Waals surface area contributed by atoms with Crippen molar-refractivity contribution in [2.75, 3.05) is 101 Å². The average Bonchev–Trinajstić information content (AvgIpc) is 1.60. The van der Waals surface area contributed by atoms with E-state index in [4.69, 9.17) is 0 Å². The van der Waals surface area contributed by atoms with Crippen LogP contribution in [0.25, 0.3) is 32.7 Å². The van der Waals surface area contributed by atoms with E-state index in [0.717, 1.165) is 39.5 Å². The number of aromatic nitrogens is 7. The molecule has 107 heavy (non-hydrogen) atoms. The van der Waals surface area contributed by atoms with Crippen molar-refractivity contribution in [2.45, 2.75) is 66.5 Å². The lowest BCUT2D eigenvalue weighted by atomic mass is 10.1. The molecule has 6 aromatic carbocycles. The van der Waals surface area contributed by atoms with Gasteiger partial charge in [-0.3, -0.25) is 28.5 Å². The van der Waals surface area contributed by atoms with Crippen LogP contribution in [0.5, 0.6) is 0 Å². The molecule has 0 aliphatic carbocycles. The molecular weight excluding hydrogens is 1490 g/mol. The third-order valence-corrected chi connectivity index (χ3v) is 25.5. The van der Waals surface area contributed by atoms with E-state index in [1.54, 1.807) is 133 Å². The molecule has 3 aliphatic heterocycles. The molecule has 0 radical (unpaired) electrons. The molecule has 3 amide bonds. The normalized spacial score (nSPS) is 15.9. The van der Waals surface area contributed by atoms with Gasteiger partial charge in [0, 0.05) is 172 Å². The highest BCUT2D eigenvalue weighted by Crippen LogP contribution is 2.32. The number of amides is 3. The summed E-state index contributed by atoms with van der Waals surface area (Å²) < 4.78 is 120. The summed E-state index contributed by atoms with van der Waals surface area (Å²) in [6, 6.07) is 41.6. The van der Waals surface area contributed by atoms with Crippen LogP contribution >= 0.6 is 34.2 Å². The molecule has 6 aromatic heterocycles. The van der Waals surface area contributed by atoms with Gasteiger partial charge in [0.15, 0.2) is 10.3 Å². The number of piperazine rings is 3. The number of nitrogens with one attached hydrogen (secondary N) is 3. The van der Waals surface area contributed by atoms with Crippen LogP contribution in [-0.4, -0.2) is 169 Å². The number of nitriles is 1. The van der Waals surface area contributed by atoms with Crippen molar-refractivity contribution in [2.24, 2.45) is 0 Å². The number of rotatable bonds is 18. The molecule has 34 heteroatoms. The Bertz CT molecular complexity index is 5360. The zero-order valence-corrected chi connectivity index (χ0v) is 63.1. The van der Waals surface area contributed by atoms with Crippen LogP contribution in [0.1, 0.15) is 58.5 Å². The second kappa shape index (κ2) is 31.7. The van der Waals surface area contributed by atoms with E-state index in [9.17, 15) is 53.7 Å². The summed E-state index contributed by atoms with van der Waals surface area (Å²) in [5.74, 6) is -0.625. The molecule has 9 heterocycles. The zero-order chi connectivity index (χ0) is 75.3. The van der Waals surface area contributed by atoms with Crippen LogP contribution in [0.4, 0.5) is 41.2 Å². The van der Waals surface area contributed by atoms with Crippen molar-refractivity contribution in [3.63, 3.8) is 0 Å². The third kappa shape index (κ3) is 16.3. The Balaban J connectivity index is 0.000000206. The van der Waals surface area contributed by atoms with Gasteiger partial charge in [0.05, 0.1) is 36.8 Å². The van der Waals surface area contributed by atoms with Gasteiger partial charge in [-0.05, 0) is 143 Å². The second-order valence-corrected chi connectivity index (χ2v) is 33.2. The maximum absolute atomic E-state index is 14.0. The first-order chi connectivity index (χ1) is 51.4. The highest BCUT2D eigenvalue weighted by atomic mass is 32.2. The first-order valence-corrected chi connectivity index (χ1v) is 41.0. The number of hydrogen-bond donors (Lipinski definition) is 3. The fraction of sp³-hybridized carbons (Fsp3) is 0.260.